The summed E-state index contributed by atoms with van der Waals surface area (Å²) < 4.78 is 29.5. The lowest BCUT2D eigenvalue weighted by atomic mass is 9.88. The minimum Gasteiger partial charge on any atom is -0.329 e. The molecule has 33 heavy (non-hydrogen) atoms. The SMILES string of the molecule is Cc1ccc(S(=O)(=O)N2C=CNC(=O)C2Cc2cn([C@@H]3CCCc4ccccc43)nn2)cc1. The fourth-order valence-corrected chi connectivity index (χ4v) is 5.98. The van der Waals surface area contributed by atoms with E-state index in [0.717, 1.165) is 29.1 Å². The topological polar surface area (TPSA) is 97.2 Å². The van der Waals surface area contributed by atoms with E-state index in [4.69, 9.17) is 0 Å². The number of hydrogen-bond acceptors (Lipinski definition) is 5. The van der Waals surface area contributed by atoms with E-state index in [1.54, 1.807) is 24.3 Å². The van der Waals surface area contributed by atoms with Crippen molar-refractivity contribution in [2.75, 3.05) is 0 Å². The number of nitrogens with zero attached hydrogens (tertiary/aromatic N) is 4. The van der Waals surface area contributed by atoms with E-state index in [2.05, 4.69) is 27.8 Å². The number of fused-ring (bicyclic) bond motifs is 1. The van der Waals surface area contributed by atoms with Crippen LogP contribution in [-0.2, 0) is 27.7 Å². The minimum absolute atomic E-state index is 0.0867. The molecule has 170 valence electrons. The third-order valence-corrected chi connectivity index (χ3v) is 8.07. The number of aromatic nitrogens is 3. The largest absolute Gasteiger partial charge is 0.329 e. The zero-order chi connectivity index (χ0) is 23.0. The third kappa shape index (κ3) is 4.04. The number of hydrogen-bond donors (Lipinski definition) is 1. The van der Waals surface area contributed by atoms with Crippen molar-refractivity contribution in [3.8, 4) is 0 Å². The Balaban J connectivity index is 1.42. The molecule has 3 aromatic rings. The summed E-state index contributed by atoms with van der Waals surface area (Å²) in [6.07, 6.45) is 7.76. The van der Waals surface area contributed by atoms with Crippen LogP contribution in [-0.4, -0.2) is 39.7 Å². The third-order valence-electron chi connectivity index (χ3n) is 6.27. The van der Waals surface area contributed by atoms with Gasteiger partial charge in [0, 0.05) is 25.0 Å². The maximum absolute atomic E-state index is 13.3. The summed E-state index contributed by atoms with van der Waals surface area (Å²) in [4.78, 5) is 12.8. The maximum Gasteiger partial charge on any atom is 0.264 e. The standard InChI is InChI=1S/C24H25N5O3S/c1-17-9-11-20(12-10-17)33(31,32)29-14-13-25-24(30)23(29)15-19-16-28(27-26-19)22-8-4-6-18-5-2-3-7-21(18)22/h2-3,5,7,9-14,16,22-23H,4,6,8,15H2,1H3,(H,25,30)/t22-,23?/m1/s1. The van der Waals surface area contributed by atoms with Crippen molar-refractivity contribution >= 4 is 15.9 Å². The lowest BCUT2D eigenvalue weighted by molar-refractivity contribution is -0.124. The van der Waals surface area contributed by atoms with Crippen molar-refractivity contribution in [1.82, 2.24) is 24.6 Å². The van der Waals surface area contributed by atoms with E-state index in [1.165, 1.54) is 23.5 Å². The first-order valence-corrected chi connectivity index (χ1v) is 12.4. The van der Waals surface area contributed by atoms with Crippen LogP contribution in [0.15, 0.2) is 72.0 Å². The molecule has 1 aromatic heterocycles. The van der Waals surface area contributed by atoms with E-state index in [9.17, 15) is 13.2 Å². The highest BCUT2D eigenvalue weighted by molar-refractivity contribution is 7.89. The molecule has 2 atom stereocenters. The minimum atomic E-state index is -3.90. The van der Waals surface area contributed by atoms with Crippen LogP contribution in [0, 0.1) is 6.92 Å². The van der Waals surface area contributed by atoms with Gasteiger partial charge in [-0.3, -0.25) is 9.10 Å². The lowest BCUT2D eigenvalue weighted by Crippen LogP contribution is -2.50. The van der Waals surface area contributed by atoms with Crippen LogP contribution in [0.4, 0.5) is 0 Å². The summed E-state index contributed by atoms with van der Waals surface area (Å²) in [7, 11) is -3.90. The summed E-state index contributed by atoms with van der Waals surface area (Å²) in [5, 5.41) is 11.2. The predicted molar refractivity (Wildman–Crippen MR) is 123 cm³/mol. The molecule has 2 aromatic carbocycles. The Morgan fingerprint density at radius 2 is 1.91 bits per heavy atom. The van der Waals surface area contributed by atoms with Crippen molar-refractivity contribution in [2.24, 2.45) is 0 Å². The fourth-order valence-electron chi connectivity index (χ4n) is 4.53. The molecule has 0 bridgehead atoms. The van der Waals surface area contributed by atoms with Gasteiger partial charge < -0.3 is 5.32 Å². The van der Waals surface area contributed by atoms with Crippen LogP contribution >= 0.6 is 0 Å². The van der Waals surface area contributed by atoms with Crippen molar-refractivity contribution in [3.05, 3.63) is 89.5 Å². The van der Waals surface area contributed by atoms with Gasteiger partial charge in [0.1, 0.15) is 6.04 Å². The predicted octanol–water partition coefficient (Wildman–Crippen LogP) is 2.72. The molecule has 0 fully saturated rings. The molecule has 2 heterocycles. The Bertz CT molecular complexity index is 1310. The molecule has 1 aliphatic carbocycles. The molecule has 1 unspecified atom stereocenters. The number of rotatable bonds is 5. The van der Waals surface area contributed by atoms with E-state index in [0.29, 0.717) is 5.69 Å². The van der Waals surface area contributed by atoms with Gasteiger partial charge in [-0.15, -0.1) is 5.10 Å². The van der Waals surface area contributed by atoms with Crippen LogP contribution < -0.4 is 5.32 Å². The van der Waals surface area contributed by atoms with Crippen LogP contribution in [0.25, 0.3) is 0 Å². The van der Waals surface area contributed by atoms with Gasteiger partial charge in [-0.05, 0) is 49.4 Å². The number of carbonyl (C=O) groups is 1. The number of benzene rings is 2. The molecule has 2 aliphatic rings. The van der Waals surface area contributed by atoms with Gasteiger partial charge in [-0.25, -0.2) is 13.1 Å². The second-order valence-electron chi connectivity index (χ2n) is 8.49. The number of amides is 1. The number of aryl methyl sites for hydroxylation is 2. The quantitative estimate of drug-likeness (QED) is 0.628. The molecule has 0 spiro atoms. The van der Waals surface area contributed by atoms with Gasteiger partial charge in [0.05, 0.1) is 16.6 Å². The first-order valence-electron chi connectivity index (χ1n) is 11.0. The summed E-state index contributed by atoms with van der Waals surface area (Å²) in [5.74, 6) is -0.397. The molecule has 0 saturated carbocycles. The van der Waals surface area contributed by atoms with Gasteiger partial charge >= 0.3 is 0 Å². The van der Waals surface area contributed by atoms with E-state index < -0.39 is 22.0 Å². The summed E-state index contributed by atoms with van der Waals surface area (Å²) in [6, 6.07) is 14.1. The Morgan fingerprint density at radius 3 is 2.73 bits per heavy atom. The van der Waals surface area contributed by atoms with Crippen LogP contribution in [0.5, 0.6) is 0 Å². The molecule has 1 N–H and O–H groups in total. The Hall–Kier alpha value is -3.46. The monoisotopic (exact) mass is 463 g/mol. The maximum atomic E-state index is 13.3. The van der Waals surface area contributed by atoms with Crippen molar-refractivity contribution in [2.45, 2.75) is 49.6 Å². The number of sulfonamides is 1. The summed E-state index contributed by atoms with van der Waals surface area (Å²) in [5.41, 5.74) is 4.08. The van der Waals surface area contributed by atoms with E-state index >= 15 is 0 Å². The highest BCUT2D eigenvalue weighted by Gasteiger charge is 2.36. The second-order valence-corrected chi connectivity index (χ2v) is 10.3. The Labute approximate surface area is 193 Å². The number of nitrogens with one attached hydrogen (secondary N) is 1. The average molecular weight is 464 g/mol. The molecule has 1 aliphatic heterocycles. The molecule has 0 saturated heterocycles. The Kier molecular flexibility index (Phi) is 5.49. The first-order chi connectivity index (χ1) is 15.9. The van der Waals surface area contributed by atoms with Crippen molar-refractivity contribution in [3.63, 3.8) is 0 Å². The molecule has 9 heteroatoms. The fraction of sp³-hybridized carbons (Fsp3) is 0.292. The number of carbonyl (C=O) groups excluding carboxylic acids is 1. The highest BCUT2D eigenvalue weighted by Crippen LogP contribution is 2.32. The van der Waals surface area contributed by atoms with Gasteiger partial charge in [-0.1, -0.05) is 47.2 Å². The zero-order valence-electron chi connectivity index (χ0n) is 18.3. The molecule has 1 amide bonds. The Morgan fingerprint density at radius 1 is 1.12 bits per heavy atom. The normalized spacial score (nSPS) is 20.4. The summed E-state index contributed by atoms with van der Waals surface area (Å²) >= 11 is 0. The lowest BCUT2D eigenvalue weighted by Gasteiger charge is -2.31. The average Bonchev–Trinajstić information content (AvgIpc) is 3.28. The van der Waals surface area contributed by atoms with Crippen LogP contribution in [0.3, 0.4) is 0 Å². The molecular formula is C24H25N5O3S. The zero-order valence-corrected chi connectivity index (χ0v) is 19.1. The molecule has 0 radical (unpaired) electrons. The van der Waals surface area contributed by atoms with Gasteiger partial charge in [0.25, 0.3) is 10.0 Å². The molecule has 5 rings (SSSR count). The molecule has 8 nitrogen and oxygen atoms in total. The van der Waals surface area contributed by atoms with Crippen molar-refractivity contribution in [1.29, 1.82) is 0 Å². The molecular weight excluding hydrogens is 438 g/mol. The van der Waals surface area contributed by atoms with E-state index in [1.807, 2.05) is 29.9 Å². The van der Waals surface area contributed by atoms with E-state index in [-0.39, 0.29) is 17.4 Å². The van der Waals surface area contributed by atoms with Gasteiger partial charge in [-0.2, -0.15) is 0 Å². The van der Waals surface area contributed by atoms with Crippen molar-refractivity contribution < 1.29 is 13.2 Å². The smallest absolute Gasteiger partial charge is 0.264 e. The van der Waals surface area contributed by atoms with Gasteiger partial charge in [0.15, 0.2) is 0 Å². The van der Waals surface area contributed by atoms with Gasteiger partial charge in [0.2, 0.25) is 5.91 Å². The second kappa shape index (κ2) is 8.47. The van der Waals surface area contributed by atoms with Crippen LogP contribution in [0.2, 0.25) is 0 Å². The summed E-state index contributed by atoms with van der Waals surface area (Å²) in [6.45, 7) is 1.89. The highest BCUT2D eigenvalue weighted by atomic mass is 32.2. The first kappa shape index (κ1) is 21.4. The van der Waals surface area contributed by atoms with Crippen LogP contribution in [0.1, 0.15) is 41.3 Å².